The summed E-state index contributed by atoms with van der Waals surface area (Å²) in [7, 11) is 1.61. The molecule has 0 radical (unpaired) electrons. The van der Waals surface area contributed by atoms with Gasteiger partial charge in [-0.2, -0.15) is 0 Å². The summed E-state index contributed by atoms with van der Waals surface area (Å²) < 4.78 is 1.27. The number of pyridine rings is 2. The molecule has 0 spiro atoms. The molecular weight excluding hydrogens is 244 g/mol. The van der Waals surface area contributed by atoms with Gasteiger partial charge >= 0.3 is 0 Å². The van der Waals surface area contributed by atoms with Crippen LogP contribution in [0, 0.1) is 0 Å². The molecule has 2 aromatic heterocycles. The lowest BCUT2D eigenvalue weighted by Gasteiger charge is -2.16. The molecule has 98 valence electrons. The minimum Gasteiger partial charge on any atom is -0.398 e. The fourth-order valence-corrected chi connectivity index (χ4v) is 1.61. The first kappa shape index (κ1) is 12.8. The summed E-state index contributed by atoms with van der Waals surface area (Å²) in [6.45, 7) is -0.0725. The van der Waals surface area contributed by atoms with E-state index < -0.39 is 0 Å². The van der Waals surface area contributed by atoms with Crippen LogP contribution in [0.4, 0.5) is 11.5 Å². The zero-order chi connectivity index (χ0) is 13.8. The molecule has 2 N–H and O–H groups in total. The van der Waals surface area contributed by atoms with Crippen LogP contribution in [-0.2, 0) is 11.3 Å². The van der Waals surface area contributed by atoms with E-state index in [4.69, 9.17) is 5.73 Å². The van der Waals surface area contributed by atoms with Crippen molar-refractivity contribution in [2.24, 2.45) is 0 Å². The molecule has 6 nitrogen and oxygen atoms in total. The van der Waals surface area contributed by atoms with Gasteiger partial charge < -0.3 is 10.3 Å². The number of aromatic nitrogens is 2. The van der Waals surface area contributed by atoms with Crippen LogP contribution in [-0.4, -0.2) is 22.5 Å². The van der Waals surface area contributed by atoms with Crippen LogP contribution in [0.3, 0.4) is 0 Å². The van der Waals surface area contributed by atoms with Gasteiger partial charge in [0.15, 0.2) is 0 Å². The summed E-state index contributed by atoms with van der Waals surface area (Å²) in [4.78, 5) is 29.1. The van der Waals surface area contributed by atoms with Crippen LogP contribution < -0.4 is 16.2 Å². The number of carbonyl (C=O) groups excluding carboxylic acids is 1. The van der Waals surface area contributed by atoms with E-state index in [-0.39, 0.29) is 18.0 Å². The summed E-state index contributed by atoms with van der Waals surface area (Å²) in [5.41, 5.74) is 5.76. The highest BCUT2D eigenvalue weighted by Crippen LogP contribution is 2.07. The Bertz CT molecular complexity index is 637. The number of hydrogen-bond donors (Lipinski definition) is 1. The Labute approximate surface area is 110 Å². The lowest BCUT2D eigenvalue weighted by atomic mass is 10.4. The predicted molar refractivity (Wildman–Crippen MR) is 72.8 cm³/mol. The molecule has 0 fully saturated rings. The third-order valence-corrected chi connectivity index (χ3v) is 2.68. The molecule has 0 atom stereocenters. The maximum atomic E-state index is 12.1. The van der Waals surface area contributed by atoms with E-state index in [1.54, 1.807) is 31.4 Å². The average Bonchev–Trinajstić information content (AvgIpc) is 2.43. The molecule has 2 aromatic rings. The quantitative estimate of drug-likeness (QED) is 0.868. The van der Waals surface area contributed by atoms with Gasteiger partial charge in [0.05, 0.1) is 0 Å². The van der Waals surface area contributed by atoms with E-state index >= 15 is 0 Å². The number of nitrogens with zero attached hydrogens (tertiary/aromatic N) is 3. The monoisotopic (exact) mass is 258 g/mol. The minimum atomic E-state index is -0.267. The first-order valence-corrected chi connectivity index (χ1v) is 5.71. The molecule has 0 saturated carbocycles. The van der Waals surface area contributed by atoms with E-state index in [9.17, 15) is 9.59 Å². The van der Waals surface area contributed by atoms with E-state index in [0.29, 0.717) is 11.5 Å². The van der Waals surface area contributed by atoms with Gasteiger partial charge in [-0.05, 0) is 18.2 Å². The van der Waals surface area contributed by atoms with Gasteiger partial charge in [0.25, 0.3) is 5.56 Å². The normalized spacial score (nSPS) is 10.2. The zero-order valence-electron chi connectivity index (χ0n) is 10.5. The molecule has 0 aromatic carbocycles. The van der Waals surface area contributed by atoms with Crippen molar-refractivity contribution >= 4 is 17.4 Å². The van der Waals surface area contributed by atoms with Crippen molar-refractivity contribution in [3.63, 3.8) is 0 Å². The van der Waals surface area contributed by atoms with Crippen LogP contribution in [0.25, 0.3) is 0 Å². The lowest BCUT2D eigenvalue weighted by Crippen LogP contribution is -2.34. The van der Waals surface area contributed by atoms with Gasteiger partial charge in [-0.1, -0.05) is 6.07 Å². The highest BCUT2D eigenvalue weighted by Gasteiger charge is 2.12. The van der Waals surface area contributed by atoms with E-state index in [1.165, 1.54) is 27.8 Å². The maximum Gasteiger partial charge on any atom is 0.251 e. The standard InChI is InChI=1S/C13H14N4O2/c1-16(11-4-2-3-7-15-11)13(19)9-17-8-10(14)5-6-12(17)18/h2-8H,9,14H2,1H3. The molecule has 19 heavy (non-hydrogen) atoms. The first-order valence-electron chi connectivity index (χ1n) is 5.71. The summed E-state index contributed by atoms with van der Waals surface area (Å²) in [5, 5.41) is 0. The Morgan fingerprint density at radius 1 is 1.37 bits per heavy atom. The van der Waals surface area contributed by atoms with Gasteiger partial charge in [-0.25, -0.2) is 4.98 Å². The second-order valence-corrected chi connectivity index (χ2v) is 4.07. The molecule has 0 aliphatic rings. The molecule has 6 heteroatoms. The number of hydrogen-bond acceptors (Lipinski definition) is 4. The summed E-state index contributed by atoms with van der Waals surface area (Å²) in [6.07, 6.45) is 3.05. The molecule has 0 saturated heterocycles. The highest BCUT2D eigenvalue weighted by molar-refractivity contribution is 5.91. The average molecular weight is 258 g/mol. The van der Waals surface area contributed by atoms with Gasteiger partial charge in [0, 0.05) is 31.2 Å². The zero-order valence-corrected chi connectivity index (χ0v) is 10.5. The van der Waals surface area contributed by atoms with Crippen LogP contribution in [0.1, 0.15) is 0 Å². The summed E-state index contributed by atoms with van der Waals surface area (Å²) in [6, 6.07) is 8.12. The molecule has 2 heterocycles. The summed E-state index contributed by atoms with van der Waals surface area (Å²) >= 11 is 0. The Hall–Kier alpha value is -2.63. The Morgan fingerprint density at radius 2 is 2.16 bits per heavy atom. The van der Waals surface area contributed by atoms with Crippen molar-refractivity contribution in [3.8, 4) is 0 Å². The third kappa shape index (κ3) is 2.98. The SMILES string of the molecule is CN(C(=O)Cn1cc(N)ccc1=O)c1ccccn1. The Balaban J connectivity index is 2.17. The van der Waals surface area contributed by atoms with Gasteiger partial charge in [-0.3, -0.25) is 14.5 Å². The van der Waals surface area contributed by atoms with Crippen molar-refractivity contribution in [2.45, 2.75) is 6.54 Å². The van der Waals surface area contributed by atoms with Crippen molar-refractivity contribution < 1.29 is 4.79 Å². The number of amides is 1. The Morgan fingerprint density at radius 3 is 2.84 bits per heavy atom. The number of likely N-dealkylation sites (N-methyl/N-ethyl adjacent to an activating group) is 1. The number of nitrogens with two attached hydrogens (primary N) is 1. The van der Waals surface area contributed by atoms with Gasteiger partial charge in [-0.15, -0.1) is 0 Å². The number of anilines is 2. The van der Waals surface area contributed by atoms with Crippen LogP contribution >= 0.6 is 0 Å². The fourth-order valence-electron chi connectivity index (χ4n) is 1.61. The number of rotatable bonds is 3. The first-order chi connectivity index (χ1) is 9.08. The molecule has 0 aliphatic heterocycles. The molecule has 0 unspecified atom stereocenters. The smallest absolute Gasteiger partial charge is 0.251 e. The summed E-state index contributed by atoms with van der Waals surface area (Å²) in [5.74, 6) is 0.288. The van der Waals surface area contributed by atoms with Crippen molar-refractivity contribution in [1.29, 1.82) is 0 Å². The fraction of sp³-hybridized carbons (Fsp3) is 0.154. The van der Waals surface area contributed by atoms with Crippen LogP contribution in [0.2, 0.25) is 0 Å². The molecular formula is C13H14N4O2. The van der Waals surface area contributed by atoms with Crippen molar-refractivity contribution in [3.05, 3.63) is 53.1 Å². The third-order valence-electron chi connectivity index (χ3n) is 2.68. The van der Waals surface area contributed by atoms with Crippen molar-refractivity contribution in [1.82, 2.24) is 9.55 Å². The van der Waals surface area contributed by atoms with Gasteiger partial charge in [0.1, 0.15) is 12.4 Å². The minimum absolute atomic E-state index is 0.0725. The van der Waals surface area contributed by atoms with Gasteiger partial charge in [0.2, 0.25) is 5.91 Å². The van der Waals surface area contributed by atoms with Crippen LogP contribution in [0.5, 0.6) is 0 Å². The largest absolute Gasteiger partial charge is 0.398 e. The topological polar surface area (TPSA) is 81.2 Å². The number of carbonyl (C=O) groups is 1. The van der Waals surface area contributed by atoms with E-state index in [1.807, 2.05) is 0 Å². The lowest BCUT2D eigenvalue weighted by molar-refractivity contribution is -0.118. The van der Waals surface area contributed by atoms with E-state index in [0.717, 1.165) is 0 Å². The van der Waals surface area contributed by atoms with E-state index in [2.05, 4.69) is 4.98 Å². The van der Waals surface area contributed by atoms with Crippen LogP contribution in [0.15, 0.2) is 47.5 Å². The van der Waals surface area contributed by atoms with Crippen molar-refractivity contribution in [2.75, 3.05) is 17.7 Å². The highest BCUT2D eigenvalue weighted by atomic mass is 16.2. The molecule has 1 amide bonds. The number of nitrogen functional groups attached to an aromatic ring is 1. The molecule has 0 aliphatic carbocycles. The second kappa shape index (κ2) is 5.34. The molecule has 2 rings (SSSR count). The Kier molecular flexibility index (Phi) is 3.61. The second-order valence-electron chi connectivity index (χ2n) is 4.07. The maximum absolute atomic E-state index is 12.1. The molecule has 0 bridgehead atoms. The predicted octanol–water partition coefficient (Wildman–Crippen LogP) is 0.488.